The molecule has 1 fully saturated rings. The lowest BCUT2D eigenvalue weighted by molar-refractivity contribution is 0.104. The van der Waals surface area contributed by atoms with Crippen LogP contribution in [-0.2, 0) is 24.4 Å². The number of thiazole rings is 1. The third kappa shape index (κ3) is 3.65. The van der Waals surface area contributed by atoms with Crippen molar-refractivity contribution in [3.63, 3.8) is 0 Å². The van der Waals surface area contributed by atoms with E-state index in [1.165, 1.54) is 29.1 Å². The molecule has 0 spiro atoms. The van der Waals surface area contributed by atoms with Crippen LogP contribution in [0.4, 0.5) is 0 Å². The molecule has 3 heterocycles. The second-order valence-electron chi connectivity index (χ2n) is 6.66. The molecule has 1 saturated carbocycles. The Morgan fingerprint density at radius 3 is 3.04 bits per heavy atom. The van der Waals surface area contributed by atoms with Gasteiger partial charge in [-0.2, -0.15) is 5.10 Å². The second kappa shape index (κ2) is 6.71. The van der Waals surface area contributed by atoms with Crippen LogP contribution in [0.3, 0.4) is 0 Å². The SMILES string of the molecule is CCOC[C@@H]1CN(Cc2nccs2)Cc2cn(CC3CC3)nc21. The summed E-state index contributed by atoms with van der Waals surface area (Å²) < 4.78 is 7.90. The van der Waals surface area contributed by atoms with Crippen LogP contribution in [0.2, 0.25) is 0 Å². The van der Waals surface area contributed by atoms with E-state index in [4.69, 9.17) is 9.84 Å². The van der Waals surface area contributed by atoms with E-state index in [1.807, 2.05) is 6.20 Å². The smallest absolute Gasteiger partial charge is 0.107 e. The van der Waals surface area contributed by atoms with Crippen molar-refractivity contribution in [3.05, 3.63) is 34.0 Å². The van der Waals surface area contributed by atoms with E-state index >= 15 is 0 Å². The van der Waals surface area contributed by atoms with Gasteiger partial charge in [0.15, 0.2) is 0 Å². The molecule has 1 atom stereocenters. The minimum Gasteiger partial charge on any atom is -0.381 e. The van der Waals surface area contributed by atoms with Crippen molar-refractivity contribution in [2.45, 2.75) is 45.3 Å². The van der Waals surface area contributed by atoms with Crippen molar-refractivity contribution < 1.29 is 4.74 Å². The lowest BCUT2D eigenvalue weighted by atomic mass is 9.97. The molecule has 1 aliphatic heterocycles. The molecule has 0 bridgehead atoms. The van der Waals surface area contributed by atoms with E-state index in [2.05, 4.69) is 33.1 Å². The van der Waals surface area contributed by atoms with Crippen LogP contribution in [-0.4, -0.2) is 39.4 Å². The van der Waals surface area contributed by atoms with Crippen LogP contribution in [0.15, 0.2) is 17.8 Å². The van der Waals surface area contributed by atoms with Gasteiger partial charge in [-0.15, -0.1) is 11.3 Å². The van der Waals surface area contributed by atoms with Crippen molar-refractivity contribution in [2.24, 2.45) is 5.92 Å². The van der Waals surface area contributed by atoms with Gasteiger partial charge in [-0.25, -0.2) is 4.98 Å². The molecule has 0 N–H and O–H groups in total. The fourth-order valence-corrected chi connectivity index (χ4v) is 4.00. The Bertz CT molecular complexity index is 635. The lowest BCUT2D eigenvalue weighted by Crippen LogP contribution is -2.34. The molecule has 0 amide bonds. The second-order valence-corrected chi connectivity index (χ2v) is 7.64. The number of ether oxygens (including phenoxy) is 1. The third-order valence-electron chi connectivity index (χ3n) is 4.64. The Balaban J connectivity index is 1.51. The van der Waals surface area contributed by atoms with E-state index < -0.39 is 0 Å². The number of hydrogen-bond acceptors (Lipinski definition) is 5. The van der Waals surface area contributed by atoms with Gasteiger partial charge >= 0.3 is 0 Å². The third-order valence-corrected chi connectivity index (χ3v) is 5.40. The maximum absolute atomic E-state index is 5.73. The summed E-state index contributed by atoms with van der Waals surface area (Å²) in [5.41, 5.74) is 2.63. The first-order valence-electron chi connectivity index (χ1n) is 8.56. The highest BCUT2D eigenvalue weighted by atomic mass is 32.1. The number of hydrogen-bond donors (Lipinski definition) is 0. The molecule has 0 radical (unpaired) electrons. The van der Waals surface area contributed by atoms with E-state index in [0.29, 0.717) is 5.92 Å². The van der Waals surface area contributed by atoms with Gasteiger partial charge in [-0.3, -0.25) is 9.58 Å². The molecule has 2 aromatic heterocycles. The van der Waals surface area contributed by atoms with Gasteiger partial charge in [0, 0.05) is 55.5 Å². The molecular weight excluding hydrogens is 308 g/mol. The minimum atomic E-state index is 0.374. The average molecular weight is 332 g/mol. The van der Waals surface area contributed by atoms with E-state index in [0.717, 1.165) is 45.3 Å². The van der Waals surface area contributed by atoms with Crippen LogP contribution in [0, 0.1) is 5.92 Å². The molecule has 2 aromatic rings. The average Bonchev–Trinajstić information content (AvgIpc) is 3.04. The summed E-state index contributed by atoms with van der Waals surface area (Å²) in [7, 11) is 0. The molecule has 1 aliphatic carbocycles. The highest BCUT2D eigenvalue weighted by Gasteiger charge is 2.30. The number of fused-ring (bicyclic) bond motifs is 1. The fraction of sp³-hybridized carbons (Fsp3) is 0.647. The Labute approximate surface area is 141 Å². The van der Waals surface area contributed by atoms with Gasteiger partial charge in [0.05, 0.1) is 18.8 Å². The predicted molar refractivity (Wildman–Crippen MR) is 90.4 cm³/mol. The summed E-state index contributed by atoms with van der Waals surface area (Å²) >= 11 is 1.73. The molecule has 23 heavy (non-hydrogen) atoms. The van der Waals surface area contributed by atoms with Crippen molar-refractivity contribution in [1.29, 1.82) is 0 Å². The van der Waals surface area contributed by atoms with Gasteiger partial charge < -0.3 is 4.74 Å². The zero-order valence-corrected chi connectivity index (χ0v) is 14.5. The van der Waals surface area contributed by atoms with Crippen LogP contribution in [0.5, 0.6) is 0 Å². The lowest BCUT2D eigenvalue weighted by Gasteiger charge is -2.31. The maximum Gasteiger partial charge on any atom is 0.107 e. The van der Waals surface area contributed by atoms with Crippen LogP contribution < -0.4 is 0 Å². The first-order valence-corrected chi connectivity index (χ1v) is 9.44. The summed E-state index contributed by atoms with van der Waals surface area (Å²) in [6, 6.07) is 0. The molecule has 0 aromatic carbocycles. The summed E-state index contributed by atoms with van der Waals surface area (Å²) in [5.74, 6) is 1.23. The monoisotopic (exact) mass is 332 g/mol. The molecule has 6 heteroatoms. The highest BCUT2D eigenvalue weighted by Crippen LogP contribution is 2.33. The standard InChI is InChI=1S/C17H24N4OS/c1-2-22-12-15-9-20(11-16-18-5-6-23-16)8-14-10-21(19-17(14)15)7-13-3-4-13/h5-6,10,13,15H,2-4,7-9,11-12H2,1H3/t15-/m0/s1. The molecular formula is C17H24N4OS. The number of rotatable bonds is 7. The first-order chi connectivity index (χ1) is 11.3. The zero-order chi connectivity index (χ0) is 15.6. The van der Waals surface area contributed by atoms with Crippen molar-refractivity contribution in [3.8, 4) is 0 Å². The zero-order valence-electron chi connectivity index (χ0n) is 13.6. The quantitative estimate of drug-likeness (QED) is 0.782. The van der Waals surface area contributed by atoms with E-state index in [9.17, 15) is 0 Å². The summed E-state index contributed by atoms with van der Waals surface area (Å²) in [6.45, 7) is 7.58. The van der Waals surface area contributed by atoms with Gasteiger partial charge in [-0.05, 0) is 25.7 Å². The van der Waals surface area contributed by atoms with Gasteiger partial charge in [0.1, 0.15) is 5.01 Å². The van der Waals surface area contributed by atoms with Gasteiger partial charge in [0.2, 0.25) is 0 Å². The van der Waals surface area contributed by atoms with Crippen molar-refractivity contribution in [1.82, 2.24) is 19.7 Å². The van der Waals surface area contributed by atoms with Crippen molar-refractivity contribution >= 4 is 11.3 Å². The van der Waals surface area contributed by atoms with E-state index in [-0.39, 0.29) is 0 Å². The molecule has 124 valence electrons. The fourth-order valence-electron chi connectivity index (χ4n) is 3.34. The van der Waals surface area contributed by atoms with Gasteiger partial charge in [-0.1, -0.05) is 0 Å². The Morgan fingerprint density at radius 1 is 1.39 bits per heavy atom. The summed E-state index contributed by atoms with van der Waals surface area (Å²) in [6.07, 6.45) is 6.88. The Hall–Kier alpha value is -1.24. The van der Waals surface area contributed by atoms with Crippen LogP contribution >= 0.6 is 11.3 Å². The summed E-state index contributed by atoms with van der Waals surface area (Å²) in [5, 5.41) is 8.13. The number of nitrogens with zero attached hydrogens (tertiary/aromatic N) is 4. The van der Waals surface area contributed by atoms with Crippen molar-refractivity contribution in [2.75, 3.05) is 19.8 Å². The molecule has 4 rings (SSSR count). The topological polar surface area (TPSA) is 43.2 Å². The summed E-state index contributed by atoms with van der Waals surface area (Å²) in [4.78, 5) is 6.91. The molecule has 0 saturated heterocycles. The van der Waals surface area contributed by atoms with Gasteiger partial charge in [0.25, 0.3) is 0 Å². The molecule has 0 unspecified atom stereocenters. The maximum atomic E-state index is 5.73. The predicted octanol–water partition coefficient (Wildman–Crippen LogP) is 2.89. The molecule has 5 nitrogen and oxygen atoms in total. The van der Waals surface area contributed by atoms with Crippen LogP contribution in [0.1, 0.15) is 41.9 Å². The molecule has 2 aliphatic rings. The van der Waals surface area contributed by atoms with E-state index in [1.54, 1.807) is 11.3 Å². The highest BCUT2D eigenvalue weighted by molar-refractivity contribution is 7.09. The largest absolute Gasteiger partial charge is 0.381 e. The normalized spacial score (nSPS) is 21.5. The first kappa shape index (κ1) is 15.3. The Kier molecular flexibility index (Phi) is 4.46. The Morgan fingerprint density at radius 2 is 2.30 bits per heavy atom. The van der Waals surface area contributed by atoms with Crippen LogP contribution in [0.25, 0.3) is 0 Å². The number of aromatic nitrogens is 3. The minimum absolute atomic E-state index is 0.374.